The van der Waals surface area contributed by atoms with Gasteiger partial charge in [0.2, 0.25) is 11.8 Å². The van der Waals surface area contributed by atoms with Crippen molar-refractivity contribution in [1.82, 2.24) is 14.9 Å². The number of hydrogen-bond acceptors (Lipinski definition) is 7. The highest BCUT2D eigenvalue weighted by Crippen LogP contribution is 2.20. The highest BCUT2D eigenvalue weighted by atomic mass is 16.2. The fourth-order valence-electron chi connectivity index (χ4n) is 3.20. The molecule has 2 amide bonds. The molecule has 1 atom stereocenters. The zero-order valence-corrected chi connectivity index (χ0v) is 16.0. The van der Waals surface area contributed by atoms with Gasteiger partial charge in [0.15, 0.2) is 5.78 Å². The number of rotatable bonds is 7. The molecule has 0 aliphatic carbocycles. The zero-order valence-electron chi connectivity index (χ0n) is 16.0. The largest absolute Gasteiger partial charge is 0.374 e. The number of anilines is 2. The Morgan fingerprint density at radius 2 is 2.07 bits per heavy atom. The third-order valence-corrected chi connectivity index (χ3v) is 4.66. The molecule has 3 heterocycles. The van der Waals surface area contributed by atoms with E-state index in [1.54, 1.807) is 30.5 Å². The summed E-state index contributed by atoms with van der Waals surface area (Å²) >= 11 is 0. The fourth-order valence-corrected chi connectivity index (χ4v) is 3.20. The third kappa shape index (κ3) is 4.81. The summed E-state index contributed by atoms with van der Waals surface area (Å²) in [4.78, 5) is 46.4. The van der Waals surface area contributed by atoms with Gasteiger partial charge in [0.1, 0.15) is 17.6 Å². The molecule has 1 unspecified atom stereocenters. The van der Waals surface area contributed by atoms with Gasteiger partial charge in [-0.3, -0.25) is 24.8 Å². The molecule has 0 bridgehead atoms. The van der Waals surface area contributed by atoms with Crippen LogP contribution >= 0.6 is 0 Å². The lowest BCUT2D eigenvalue weighted by atomic mass is 10.1. The first kappa shape index (κ1) is 20.1. The third-order valence-electron chi connectivity index (χ3n) is 4.66. The molecule has 3 rings (SSSR count). The summed E-state index contributed by atoms with van der Waals surface area (Å²) in [7, 11) is 0. The van der Waals surface area contributed by atoms with Crippen LogP contribution in [0.4, 0.5) is 11.5 Å². The summed E-state index contributed by atoms with van der Waals surface area (Å²) in [5.74, 6) is -0.447. The quantitative estimate of drug-likeness (QED) is 0.610. The second-order valence-corrected chi connectivity index (χ2v) is 6.66. The summed E-state index contributed by atoms with van der Waals surface area (Å²) < 4.78 is 0. The Hall–Kier alpha value is -3.62. The first-order valence-electron chi connectivity index (χ1n) is 9.26. The highest BCUT2D eigenvalue weighted by Gasteiger charge is 2.34. The van der Waals surface area contributed by atoms with Crippen molar-refractivity contribution in [2.24, 2.45) is 0 Å². The molecule has 1 fully saturated rings. The first-order valence-corrected chi connectivity index (χ1v) is 9.26. The van der Waals surface area contributed by atoms with E-state index in [-0.39, 0.29) is 29.9 Å². The van der Waals surface area contributed by atoms with E-state index in [2.05, 4.69) is 20.6 Å². The number of amides is 2. The van der Waals surface area contributed by atoms with Crippen LogP contribution in [0, 0.1) is 5.41 Å². The van der Waals surface area contributed by atoms with Gasteiger partial charge in [0, 0.05) is 31.4 Å². The molecular formula is C20H22N6O3. The second kappa shape index (κ2) is 9.05. The summed E-state index contributed by atoms with van der Waals surface area (Å²) in [5.41, 5.74) is 0.650. The van der Waals surface area contributed by atoms with Gasteiger partial charge in [-0.2, -0.15) is 0 Å². The van der Waals surface area contributed by atoms with E-state index in [9.17, 15) is 14.4 Å². The summed E-state index contributed by atoms with van der Waals surface area (Å²) in [6.45, 7) is 1.73. The van der Waals surface area contributed by atoms with E-state index in [4.69, 9.17) is 5.41 Å². The van der Waals surface area contributed by atoms with Gasteiger partial charge in [-0.15, -0.1) is 0 Å². The van der Waals surface area contributed by atoms with E-state index < -0.39 is 6.04 Å². The Labute approximate surface area is 168 Å². The average Bonchev–Trinajstić information content (AvgIpc) is 3.22. The predicted octanol–water partition coefficient (Wildman–Crippen LogP) is 1.48. The molecule has 0 saturated carbocycles. The number of nitrogens with one attached hydrogen (secondary N) is 3. The minimum absolute atomic E-state index is 0.0722. The average molecular weight is 394 g/mol. The van der Waals surface area contributed by atoms with Crippen LogP contribution in [0.3, 0.4) is 0 Å². The Morgan fingerprint density at radius 1 is 1.24 bits per heavy atom. The minimum atomic E-state index is -0.560. The number of carbonyl (C=O) groups excluding carboxylic acids is 3. The van der Waals surface area contributed by atoms with Crippen LogP contribution < -0.4 is 10.6 Å². The Morgan fingerprint density at radius 3 is 2.79 bits per heavy atom. The van der Waals surface area contributed by atoms with Crippen LogP contribution in [0.15, 0.2) is 42.9 Å². The summed E-state index contributed by atoms with van der Waals surface area (Å²) in [6.07, 6.45) is 5.85. The maximum absolute atomic E-state index is 12.7. The van der Waals surface area contributed by atoms with Crippen molar-refractivity contribution < 1.29 is 14.4 Å². The number of Topliss-reactive ketones (excluding diaryl/α,β-unsaturated/α-hetero) is 1. The van der Waals surface area contributed by atoms with Gasteiger partial charge in [-0.25, -0.2) is 4.98 Å². The van der Waals surface area contributed by atoms with Crippen molar-refractivity contribution >= 4 is 34.8 Å². The van der Waals surface area contributed by atoms with Crippen molar-refractivity contribution in [3.8, 4) is 0 Å². The normalized spacial score (nSPS) is 15.6. The van der Waals surface area contributed by atoms with Crippen LogP contribution in [0.25, 0.3) is 0 Å². The van der Waals surface area contributed by atoms with Crippen molar-refractivity contribution in [2.75, 3.05) is 23.7 Å². The monoisotopic (exact) mass is 394 g/mol. The fraction of sp³-hybridized carbons (Fsp3) is 0.300. The second-order valence-electron chi connectivity index (χ2n) is 6.66. The standard InChI is InChI=1S/C20H22N6O3/c1-13(27)19(21)14-7-9-22-11-15(14)24-12-18(28)26-10-4-5-16(26)20(29)25-17-6-2-3-8-23-17/h2-3,6-9,11,16,21,24H,4-5,10,12H2,1H3,(H,23,25,29). The van der Waals surface area contributed by atoms with Gasteiger partial charge < -0.3 is 15.5 Å². The number of pyridine rings is 2. The van der Waals surface area contributed by atoms with Crippen molar-refractivity contribution in [1.29, 1.82) is 5.41 Å². The van der Waals surface area contributed by atoms with Crippen molar-refractivity contribution in [2.45, 2.75) is 25.8 Å². The molecule has 2 aromatic heterocycles. The van der Waals surface area contributed by atoms with E-state index >= 15 is 0 Å². The molecule has 1 aliphatic rings. The maximum atomic E-state index is 12.7. The molecule has 150 valence electrons. The van der Waals surface area contributed by atoms with Gasteiger partial charge in [-0.05, 0) is 31.0 Å². The summed E-state index contributed by atoms with van der Waals surface area (Å²) in [6, 6.07) is 6.21. The molecule has 0 aromatic carbocycles. The predicted molar refractivity (Wildman–Crippen MR) is 108 cm³/mol. The van der Waals surface area contributed by atoms with Crippen LogP contribution in [0.1, 0.15) is 25.3 Å². The van der Waals surface area contributed by atoms with Crippen LogP contribution in [0.5, 0.6) is 0 Å². The van der Waals surface area contributed by atoms with E-state index in [1.165, 1.54) is 24.2 Å². The molecule has 0 radical (unpaired) electrons. The number of carbonyl (C=O) groups is 3. The molecule has 2 aromatic rings. The molecule has 9 heteroatoms. The lowest BCUT2D eigenvalue weighted by Crippen LogP contribution is -2.45. The van der Waals surface area contributed by atoms with Gasteiger partial charge in [-0.1, -0.05) is 6.07 Å². The Kier molecular flexibility index (Phi) is 6.28. The molecule has 1 aliphatic heterocycles. The molecule has 29 heavy (non-hydrogen) atoms. The van der Waals surface area contributed by atoms with Crippen molar-refractivity contribution in [3.63, 3.8) is 0 Å². The van der Waals surface area contributed by atoms with E-state index in [0.29, 0.717) is 30.0 Å². The van der Waals surface area contributed by atoms with Crippen LogP contribution in [0.2, 0.25) is 0 Å². The van der Waals surface area contributed by atoms with E-state index in [0.717, 1.165) is 6.42 Å². The number of ketones is 1. The molecule has 1 saturated heterocycles. The smallest absolute Gasteiger partial charge is 0.248 e. The molecule has 9 nitrogen and oxygen atoms in total. The van der Waals surface area contributed by atoms with Crippen LogP contribution in [-0.4, -0.2) is 57.3 Å². The molecule has 3 N–H and O–H groups in total. The first-order chi connectivity index (χ1) is 14.0. The Balaban J connectivity index is 1.64. The van der Waals surface area contributed by atoms with E-state index in [1.807, 2.05) is 0 Å². The number of likely N-dealkylation sites (tertiary alicyclic amines) is 1. The van der Waals surface area contributed by atoms with Crippen molar-refractivity contribution in [3.05, 3.63) is 48.4 Å². The SMILES string of the molecule is CC(=O)C(=N)c1ccncc1NCC(=O)N1CCCC1C(=O)Nc1ccccn1. The maximum Gasteiger partial charge on any atom is 0.248 e. The van der Waals surface area contributed by atoms with Gasteiger partial charge >= 0.3 is 0 Å². The topological polar surface area (TPSA) is 128 Å². The lowest BCUT2D eigenvalue weighted by molar-refractivity contribution is -0.135. The Bertz CT molecular complexity index is 931. The lowest BCUT2D eigenvalue weighted by Gasteiger charge is -2.24. The minimum Gasteiger partial charge on any atom is -0.374 e. The zero-order chi connectivity index (χ0) is 20.8. The van der Waals surface area contributed by atoms with Crippen LogP contribution in [-0.2, 0) is 14.4 Å². The molecule has 0 spiro atoms. The number of hydrogen-bond donors (Lipinski definition) is 3. The number of aromatic nitrogens is 2. The molecular weight excluding hydrogens is 372 g/mol. The highest BCUT2D eigenvalue weighted by molar-refractivity contribution is 6.45. The van der Waals surface area contributed by atoms with Gasteiger partial charge in [0.25, 0.3) is 0 Å². The number of nitrogens with zero attached hydrogens (tertiary/aromatic N) is 3. The van der Waals surface area contributed by atoms with Gasteiger partial charge in [0.05, 0.1) is 18.4 Å². The summed E-state index contributed by atoms with van der Waals surface area (Å²) in [5, 5.41) is 13.6.